The summed E-state index contributed by atoms with van der Waals surface area (Å²) in [6.07, 6.45) is 1.05. The molecule has 0 aliphatic carbocycles. The number of rotatable bonds is 6. The Morgan fingerprint density at radius 1 is 1.09 bits per heavy atom. The van der Waals surface area contributed by atoms with Crippen LogP contribution in [0, 0.1) is 0 Å². The van der Waals surface area contributed by atoms with E-state index in [-0.39, 0.29) is 12.4 Å². The van der Waals surface area contributed by atoms with Crippen LogP contribution in [-0.4, -0.2) is 27.1 Å². The summed E-state index contributed by atoms with van der Waals surface area (Å²) in [6.45, 7) is -0.185. The quantitative estimate of drug-likeness (QED) is 0.784. The molecule has 1 N–H and O–H groups in total. The molecule has 0 fully saturated rings. The fraction of sp³-hybridized carbons (Fsp3) is 0.133. The van der Waals surface area contributed by atoms with E-state index < -0.39 is 10.0 Å². The van der Waals surface area contributed by atoms with Crippen molar-refractivity contribution >= 4 is 44.7 Å². The normalized spacial score (nSPS) is 11.1. The summed E-state index contributed by atoms with van der Waals surface area (Å²) in [6, 6.07) is 10.7. The summed E-state index contributed by atoms with van der Waals surface area (Å²) in [5.41, 5.74) is 0.781. The molecule has 0 bridgehead atoms. The molecular formula is C15H13Cl2NO4S. The summed E-state index contributed by atoms with van der Waals surface area (Å²) < 4.78 is 29.9. The Bertz CT molecular complexity index is 800. The Hall–Kier alpha value is -1.76. The van der Waals surface area contributed by atoms with Gasteiger partial charge in [-0.2, -0.15) is 0 Å². The molecule has 23 heavy (non-hydrogen) atoms. The molecule has 8 heteroatoms. The molecule has 5 nitrogen and oxygen atoms in total. The van der Waals surface area contributed by atoms with Crippen molar-refractivity contribution in [3.05, 3.63) is 58.1 Å². The SMILES string of the molecule is CS(=O)(=O)Nc1ccc(C(=O)COc2cc(Cl)cc(Cl)c2)cc1. The Labute approximate surface area is 144 Å². The molecule has 0 aliphatic rings. The molecule has 0 aliphatic heterocycles. The van der Waals surface area contributed by atoms with Gasteiger partial charge in [0.05, 0.1) is 6.26 Å². The number of benzene rings is 2. The third-order valence-corrected chi connectivity index (χ3v) is 3.76. The first-order chi connectivity index (χ1) is 10.7. The second-order valence-electron chi connectivity index (χ2n) is 4.77. The third kappa shape index (κ3) is 5.74. The minimum atomic E-state index is -3.35. The first-order valence-electron chi connectivity index (χ1n) is 6.43. The van der Waals surface area contributed by atoms with Gasteiger partial charge >= 0.3 is 0 Å². The van der Waals surface area contributed by atoms with Crippen molar-refractivity contribution in [1.82, 2.24) is 0 Å². The maximum Gasteiger partial charge on any atom is 0.229 e. The minimum absolute atomic E-state index is 0.185. The maximum atomic E-state index is 12.1. The average Bonchev–Trinajstić information content (AvgIpc) is 2.43. The predicted molar refractivity (Wildman–Crippen MR) is 91.2 cm³/mol. The van der Waals surface area contributed by atoms with Gasteiger partial charge in [0.25, 0.3) is 0 Å². The van der Waals surface area contributed by atoms with Gasteiger partial charge in [-0.15, -0.1) is 0 Å². The fourth-order valence-corrected chi connectivity index (χ4v) is 2.85. The smallest absolute Gasteiger partial charge is 0.229 e. The van der Waals surface area contributed by atoms with Crippen LogP contribution in [0.5, 0.6) is 5.75 Å². The van der Waals surface area contributed by atoms with E-state index >= 15 is 0 Å². The van der Waals surface area contributed by atoms with Gasteiger partial charge in [0.1, 0.15) is 5.75 Å². The van der Waals surface area contributed by atoms with Crippen LogP contribution in [0.1, 0.15) is 10.4 Å². The fourth-order valence-electron chi connectivity index (χ4n) is 1.78. The van der Waals surface area contributed by atoms with Crippen LogP contribution >= 0.6 is 23.2 Å². The van der Waals surface area contributed by atoms with E-state index in [2.05, 4.69) is 4.72 Å². The largest absolute Gasteiger partial charge is 0.485 e. The Morgan fingerprint density at radius 2 is 1.65 bits per heavy atom. The minimum Gasteiger partial charge on any atom is -0.485 e. The first-order valence-corrected chi connectivity index (χ1v) is 9.07. The van der Waals surface area contributed by atoms with E-state index in [0.29, 0.717) is 27.0 Å². The van der Waals surface area contributed by atoms with Crippen molar-refractivity contribution in [1.29, 1.82) is 0 Å². The zero-order valence-corrected chi connectivity index (χ0v) is 14.4. The van der Waals surface area contributed by atoms with Crippen molar-refractivity contribution in [2.75, 3.05) is 17.6 Å². The van der Waals surface area contributed by atoms with Gasteiger partial charge in [0.2, 0.25) is 10.0 Å². The Balaban J connectivity index is 2.00. The molecular weight excluding hydrogens is 361 g/mol. The molecule has 0 unspecified atom stereocenters. The van der Waals surface area contributed by atoms with Gasteiger partial charge in [-0.3, -0.25) is 9.52 Å². The van der Waals surface area contributed by atoms with Gasteiger partial charge in [0.15, 0.2) is 12.4 Å². The summed E-state index contributed by atoms with van der Waals surface area (Å²) in [5.74, 6) is 0.137. The maximum absolute atomic E-state index is 12.1. The number of halogens is 2. The first kappa shape index (κ1) is 17.6. The molecule has 0 aromatic heterocycles. The van der Waals surface area contributed by atoms with E-state index in [9.17, 15) is 13.2 Å². The van der Waals surface area contributed by atoms with Crippen molar-refractivity contribution in [3.63, 3.8) is 0 Å². The lowest BCUT2D eigenvalue weighted by molar-refractivity contribution is 0.0921. The number of carbonyl (C=O) groups excluding carboxylic acids is 1. The molecule has 0 atom stereocenters. The molecule has 0 radical (unpaired) electrons. The van der Waals surface area contributed by atoms with Gasteiger partial charge in [-0.1, -0.05) is 23.2 Å². The lowest BCUT2D eigenvalue weighted by Gasteiger charge is -2.08. The number of carbonyl (C=O) groups is 1. The van der Waals surface area contributed by atoms with E-state index in [4.69, 9.17) is 27.9 Å². The topological polar surface area (TPSA) is 72.5 Å². The highest BCUT2D eigenvalue weighted by Crippen LogP contribution is 2.24. The average molecular weight is 374 g/mol. The zero-order valence-electron chi connectivity index (χ0n) is 12.0. The molecule has 122 valence electrons. The Morgan fingerprint density at radius 3 is 2.17 bits per heavy atom. The van der Waals surface area contributed by atoms with E-state index in [1.54, 1.807) is 18.2 Å². The van der Waals surface area contributed by atoms with Crippen molar-refractivity contribution in [3.8, 4) is 5.75 Å². The standard InChI is InChI=1S/C15H13Cl2NO4S/c1-23(20,21)18-13-4-2-10(3-5-13)15(19)9-22-14-7-11(16)6-12(17)8-14/h2-8,18H,9H2,1H3. The van der Waals surface area contributed by atoms with Crippen LogP contribution < -0.4 is 9.46 Å². The number of anilines is 1. The van der Waals surface area contributed by atoms with Gasteiger partial charge < -0.3 is 4.74 Å². The van der Waals surface area contributed by atoms with Gasteiger partial charge in [-0.25, -0.2) is 8.42 Å². The van der Waals surface area contributed by atoms with Crippen LogP contribution in [0.2, 0.25) is 10.0 Å². The van der Waals surface area contributed by atoms with E-state index in [1.165, 1.54) is 24.3 Å². The number of Topliss-reactive ketones (excluding diaryl/α,β-unsaturated/α-hetero) is 1. The van der Waals surface area contributed by atoms with Crippen molar-refractivity contribution < 1.29 is 17.9 Å². The van der Waals surface area contributed by atoms with Crippen LogP contribution in [-0.2, 0) is 10.0 Å². The second kappa shape index (κ2) is 7.21. The zero-order chi connectivity index (χ0) is 17.0. The number of ketones is 1. The predicted octanol–water partition coefficient (Wildman–Crippen LogP) is 3.63. The van der Waals surface area contributed by atoms with Crippen LogP contribution in [0.25, 0.3) is 0 Å². The highest BCUT2D eigenvalue weighted by atomic mass is 35.5. The summed E-state index contributed by atoms with van der Waals surface area (Å²) in [4.78, 5) is 12.1. The summed E-state index contributed by atoms with van der Waals surface area (Å²) in [5, 5.41) is 0.826. The summed E-state index contributed by atoms with van der Waals surface area (Å²) >= 11 is 11.7. The molecule has 2 aromatic rings. The highest BCUT2D eigenvalue weighted by molar-refractivity contribution is 7.92. The highest BCUT2D eigenvalue weighted by Gasteiger charge is 2.09. The number of ether oxygens (including phenoxy) is 1. The molecule has 0 saturated carbocycles. The molecule has 0 saturated heterocycles. The van der Waals surface area contributed by atoms with Crippen molar-refractivity contribution in [2.24, 2.45) is 0 Å². The van der Waals surface area contributed by atoms with Gasteiger partial charge in [0, 0.05) is 21.3 Å². The second-order valence-corrected chi connectivity index (χ2v) is 7.39. The number of hydrogen-bond acceptors (Lipinski definition) is 4. The number of nitrogens with one attached hydrogen (secondary N) is 1. The van der Waals surface area contributed by atoms with E-state index in [1.807, 2.05) is 0 Å². The van der Waals surface area contributed by atoms with E-state index in [0.717, 1.165) is 6.26 Å². The lowest BCUT2D eigenvalue weighted by Crippen LogP contribution is -2.12. The number of sulfonamides is 1. The Kier molecular flexibility index (Phi) is 5.51. The third-order valence-electron chi connectivity index (χ3n) is 2.72. The van der Waals surface area contributed by atoms with Gasteiger partial charge in [-0.05, 0) is 42.5 Å². The lowest BCUT2D eigenvalue weighted by atomic mass is 10.1. The molecule has 0 amide bonds. The van der Waals surface area contributed by atoms with Crippen LogP contribution in [0.15, 0.2) is 42.5 Å². The molecule has 0 spiro atoms. The molecule has 2 aromatic carbocycles. The summed E-state index contributed by atoms with van der Waals surface area (Å²) in [7, 11) is -3.35. The van der Waals surface area contributed by atoms with Crippen LogP contribution in [0.3, 0.4) is 0 Å². The van der Waals surface area contributed by atoms with Crippen LogP contribution in [0.4, 0.5) is 5.69 Å². The molecule has 2 rings (SSSR count). The monoisotopic (exact) mass is 373 g/mol. The van der Waals surface area contributed by atoms with Crippen molar-refractivity contribution in [2.45, 2.75) is 0 Å². The number of hydrogen-bond donors (Lipinski definition) is 1. The molecule has 0 heterocycles.